The fourth-order valence-corrected chi connectivity index (χ4v) is 3.59. The van der Waals surface area contributed by atoms with Crippen LogP contribution in [0.2, 0.25) is 0 Å². The van der Waals surface area contributed by atoms with E-state index in [-0.39, 0.29) is 35.9 Å². The second kappa shape index (κ2) is 7.46. The molecule has 1 fully saturated rings. The summed E-state index contributed by atoms with van der Waals surface area (Å²) in [6.45, 7) is 5.25. The van der Waals surface area contributed by atoms with Gasteiger partial charge in [-0.1, -0.05) is 13.8 Å². The highest BCUT2D eigenvalue weighted by Crippen LogP contribution is 2.30. The maximum absolute atomic E-state index is 14.0. The van der Waals surface area contributed by atoms with E-state index in [4.69, 9.17) is 0 Å². The minimum Gasteiger partial charge on any atom is -0.367 e. The largest absolute Gasteiger partial charge is 0.367 e. The number of sulfone groups is 1. The normalized spacial score (nSPS) is 21.3. The van der Waals surface area contributed by atoms with Gasteiger partial charge < -0.3 is 10.2 Å². The number of nitrogens with one attached hydrogen (secondary N) is 1. The van der Waals surface area contributed by atoms with E-state index in [0.29, 0.717) is 24.7 Å². The summed E-state index contributed by atoms with van der Waals surface area (Å²) in [5, 5.41) is 2.92. The van der Waals surface area contributed by atoms with E-state index in [9.17, 15) is 17.6 Å². The zero-order chi connectivity index (χ0) is 17.9. The van der Waals surface area contributed by atoms with Crippen LogP contribution in [0.1, 0.15) is 20.3 Å². The predicted octanol–water partition coefficient (Wildman–Crippen LogP) is 1.23. The van der Waals surface area contributed by atoms with Gasteiger partial charge in [0, 0.05) is 37.9 Å². The molecule has 2 atom stereocenters. The highest BCUT2D eigenvalue weighted by molar-refractivity contribution is 7.90. The van der Waals surface area contributed by atoms with Crippen molar-refractivity contribution >= 4 is 21.4 Å². The van der Waals surface area contributed by atoms with Crippen molar-refractivity contribution in [2.24, 2.45) is 11.8 Å². The highest BCUT2D eigenvalue weighted by Gasteiger charge is 2.36. The molecule has 1 saturated heterocycles. The predicted molar refractivity (Wildman–Crippen MR) is 91.0 cm³/mol. The minimum absolute atomic E-state index is 0.0518. The van der Waals surface area contributed by atoms with Crippen LogP contribution in [0.4, 0.5) is 10.1 Å². The minimum atomic E-state index is -3.17. The zero-order valence-electron chi connectivity index (χ0n) is 14.2. The van der Waals surface area contributed by atoms with Gasteiger partial charge in [-0.05, 0) is 12.0 Å². The fraction of sp³-hybridized carbons (Fsp3) is 0.625. The third-order valence-corrected chi connectivity index (χ3v) is 5.31. The molecule has 0 radical (unpaired) electrons. The van der Waals surface area contributed by atoms with Crippen molar-refractivity contribution < 1.29 is 17.6 Å². The molecule has 0 saturated carbocycles. The summed E-state index contributed by atoms with van der Waals surface area (Å²) in [7, 11) is -3.17. The smallest absolute Gasteiger partial charge is 0.221 e. The van der Waals surface area contributed by atoms with Crippen LogP contribution in [0.3, 0.4) is 0 Å². The van der Waals surface area contributed by atoms with E-state index in [1.165, 1.54) is 6.20 Å². The Balaban J connectivity index is 2.05. The topological polar surface area (TPSA) is 79.4 Å². The molecular weight excluding hydrogens is 333 g/mol. The quantitative estimate of drug-likeness (QED) is 0.828. The molecule has 2 unspecified atom stereocenters. The molecule has 6 nitrogen and oxygen atoms in total. The summed E-state index contributed by atoms with van der Waals surface area (Å²) in [5.74, 6) is -0.363. The van der Waals surface area contributed by atoms with E-state index in [1.807, 2.05) is 4.90 Å². The summed E-state index contributed by atoms with van der Waals surface area (Å²) in [6, 6.07) is 1.49. The average molecular weight is 357 g/mol. The molecule has 1 aromatic rings. The van der Waals surface area contributed by atoms with Crippen LogP contribution in [-0.2, 0) is 14.6 Å². The van der Waals surface area contributed by atoms with Gasteiger partial charge >= 0.3 is 0 Å². The van der Waals surface area contributed by atoms with Crippen molar-refractivity contribution in [2.75, 3.05) is 30.0 Å². The number of aromatic nitrogens is 1. The monoisotopic (exact) mass is 357 g/mol. The van der Waals surface area contributed by atoms with Crippen molar-refractivity contribution in [3.63, 3.8) is 0 Å². The van der Waals surface area contributed by atoms with Crippen molar-refractivity contribution in [3.05, 3.63) is 24.3 Å². The number of carbonyl (C=O) groups is 1. The number of carbonyl (C=O) groups excluding carboxylic acids is 1. The first-order valence-electron chi connectivity index (χ1n) is 7.99. The molecule has 8 heteroatoms. The molecule has 134 valence electrons. The van der Waals surface area contributed by atoms with Crippen LogP contribution >= 0.6 is 0 Å². The zero-order valence-corrected chi connectivity index (χ0v) is 15.0. The van der Waals surface area contributed by atoms with Crippen molar-refractivity contribution in [2.45, 2.75) is 26.3 Å². The van der Waals surface area contributed by atoms with Crippen LogP contribution in [-0.4, -0.2) is 50.4 Å². The van der Waals surface area contributed by atoms with E-state index in [0.717, 1.165) is 6.26 Å². The second-order valence-corrected chi connectivity index (χ2v) is 8.95. The average Bonchev–Trinajstić information content (AvgIpc) is 2.89. The molecule has 1 aliphatic heterocycles. The number of amides is 1. The Morgan fingerprint density at radius 3 is 2.75 bits per heavy atom. The van der Waals surface area contributed by atoms with Gasteiger partial charge in [0.2, 0.25) is 5.91 Å². The van der Waals surface area contributed by atoms with E-state index in [1.54, 1.807) is 12.3 Å². The summed E-state index contributed by atoms with van der Waals surface area (Å²) >= 11 is 0. The van der Waals surface area contributed by atoms with Crippen molar-refractivity contribution in [1.82, 2.24) is 10.3 Å². The lowest BCUT2D eigenvalue weighted by atomic mass is 9.91. The maximum atomic E-state index is 14.0. The summed E-state index contributed by atoms with van der Waals surface area (Å²) in [6.07, 6.45) is 3.78. The van der Waals surface area contributed by atoms with Crippen LogP contribution in [0, 0.1) is 17.7 Å². The molecule has 1 aliphatic rings. The molecule has 2 rings (SSSR count). The molecule has 1 aromatic heterocycles. The number of hydrogen-bond donors (Lipinski definition) is 1. The Hall–Kier alpha value is -1.70. The lowest BCUT2D eigenvalue weighted by Gasteiger charge is -2.22. The van der Waals surface area contributed by atoms with Gasteiger partial charge in [0.05, 0.1) is 23.7 Å². The maximum Gasteiger partial charge on any atom is 0.221 e. The van der Waals surface area contributed by atoms with Gasteiger partial charge in [-0.2, -0.15) is 0 Å². The SMILES string of the molecule is CC(C)C1CN(c2ccncc2F)CC1NC(=O)CCS(C)(=O)=O. The van der Waals surface area contributed by atoms with Gasteiger partial charge in [0.25, 0.3) is 0 Å². The van der Waals surface area contributed by atoms with Crippen molar-refractivity contribution in [3.8, 4) is 0 Å². The lowest BCUT2D eigenvalue weighted by molar-refractivity contribution is -0.121. The molecule has 1 N–H and O–H groups in total. The first kappa shape index (κ1) is 18.6. The molecule has 1 amide bonds. The first-order valence-corrected chi connectivity index (χ1v) is 10.0. The van der Waals surface area contributed by atoms with Gasteiger partial charge in [-0.15, -0.1) is 0 Å². The molecule has 0 spiro atoms. The highest BCUT2D eigenvalue weighted by atomic mass is 32.2. The van der Waals surface area contributed by atoms with Crippen molar-refractivity contribution in [1.29, 1.82) is 0 Å². The first-order chi connectivity index (χ1) is 11.2. The molecular formula is C16H24FN3O3S. The van der Waals surface area contributed by atoms with Gasteiger partial charge in [0.15, 0.2) is 5.82 Å². The number of anilines is 1. The number of nitrogens with zero attached hydrogens (tertiary/aromatic N) is 2. The molecule has 2 heterocycles. The second-order valence-electron chi connectivity index (χ2n) is 6.69. The Morgan fingerprint density at radius 1 is 1.46 bits per heavy atom. The molecule has 0 bridgehead atoms. The van der Waals surface area contributed by atoms with E-state index in [2.05, 4.69) is 24.1 Å². The van der Waals surface area contributed by atoms with E-state index >= 15 is 0 Å². The summed E-state index contributed by atoms with van der Waals surface area (Å²) in [5.41, 5.74) is 0.475. The number of hydrogen-bond acceptors (Lipinski definition) is 5. The summed E-state index contributed by atoms with van der Waals surface area (Å²) in [4.78, 5) is 17.7. The third-order valence-electron chi connectivity index (χ3n) is 4.36. The Kier molecular flexibility index (Phi) is 5.79. The number of pyridine rings is 1. The van der Waals surface area contributed by atoms with Gasteiger partial charge in [-0.25, -0.2) is 12.8 Å². The van der Waals surface area contributed by atoms with Crippen LogP contribution in [0.15, 0.2) is 18.5 Å². The summed E-state index contributed by atoms with van der Waals surface area (Å²) < 4.78 is 36.3. The van der Waals surface area contributed by atoms with E-state index < -0.39 is 9.84 Å². The number of halogens is 1. The Bertz CT molecular complexity index is 694. The fourth-order valence-electron chi connectivity index (χ4n) is 3.04. The molecule has 0 aromatic carbocycles. The Labute approximate surface area is 142 Å². The van der Waals surface area contributed by atoms with Crippen LogP contribution in [0.25, 0.3) is 0 Å². The number of rotatable bonds is 6. The van der Waals surface area contributed by atoms with Crippen LogP contribution < -0.4 is 10.2 Å². The third kappa shape index (κ3) is 4.90. The van der Waals surface area contributed by atoms with Gasteiger partial charge in [-0.3, -0.25) is 9.78 Å². The molecule has 24 heavy (non-hydrogen) atoms. The lowest BCUT2D eigenvalue weighted by Crippen LogP contribution is -2.42. The standard InChI is InChI=1S/C16H24FN3O3S/c1-11(2)12-9-20(15-4-6-18-8-13(15)17)10-14(12)19-16(21)5-7-24(3,22)23/h4,6,8,11-12,14H,5,7,9-10H2,1-3H3,(H,19,21). The van der Waals surface area contributed by atoms with Gasteiger partial charge in [0.1, 0.15) is 9.84 Å². The molecule has 0 aliphatic carbocycles. The van der Waals surface area contributed by atoms with Crippen LogP contribution in [0.5, 0.6) is 0 Å². The Morgan fingerprint density at radius 2 is 2.17 bits per heavy atom.